The number of nitrogens with one attached hydrogen (secondary N) is 1. The lowest BCUT2D eigenvalue weighted by Crippen LogP contribution is -2.70. The number of hydrogen-bond acceptors (Lipinski definition) is 3. The van der Waals surface area contributed by atoms with Crippen LogP contribution in [0.15, 0.2) is 84.9 Å². The fourth-order valence-corrected chi connectivity index (χ4v) is 7.98. The lowest BCUT2D eigenvalue weighted by Gasteiger charge is -2.57. The number of nitrogens with zero attached hydrogens (tertiary/aromatic N) is 1. The van der Waals surface area contributed by atoms with Crippen molar-refractivity contribution in [2.75, 3.05) is 5.88 Å². The molecule has 44 heavy (non-hydrogen) atoms. The molecule has 0 unspecified atom stereocenters. The van der Waals surface area contributed by atoms with Crippen LogP contribution in [0.5, 0.6) is 0 Å². The maximum atomic E-state index is 14.6. The number of rotatable bonds is 11. The van der Waals surface area contributed by atoms with Gasteiger partial charge in [0.15, 0.2) is 8.32 Å². The summed E-state index contributed by atoms with van der Waals surface area (Å²) in [6.07, 6.45) is -3.86. The highest BCUT2D eigenvalue weighted by molar-refractivity contribution is 6.69. The van der Waals surface area contributed by atoms with E-state index in [9.17, 15) is 22.8 Å². The summed E-state index contributed by atoms with van der Waals surface area (Å²) >= 11 is 6.11. The first-order chi connectivity index (χ1) is 20.6. The molecule has 1 fully saturated rings. The van der Waals surface area contributed by atoms with E-state index in [1.165, 1.54) is 17.0 Å². The van der Waals surface area contributed by atoms with Gasteiger partial charge in [-0.3, -0.25) is 9.59 Å². The van der Waals surface area contributed by atoms with E-state index in [1.54, 1.807) is 0 Å². The molecular weight excluding hydrogens is 605 g/mol. The number of carbonyl (C=O) groups excluding carboxylic acids is 2. The third-order valence-corrected chi connectivity index (χ3v) is 9.61. The van der Waals surface area contributed by atoms with Crippen molar-refractivity contribution in [3.05, 3.63) is 107 Å². The van der Waals surface area contributed by atoms with Gasteiger partial charge in [0.05, 0.1) is 17.2 Å². The smallest absolute Gasteiger partial charge is 0.412 e. The Morgan fingerprint density at radius 2 is 1.43 bits per heavy atom. The van der Waals surface area contributed by atoms with Gasteiger partial charge in [-0.25, -0.2) is 0 Å². The number of benzene rings is 3. The van der Waals surface area contributed by atoms with Gasteiger partial charge in [-0.15, -0.1) is 11.6 Å². The third kappa shape index (κ3) is 7.73. The first kappa shape index (κ1) is 33.7. The first-order valence-electron chi connectivity index (χ1n) is 14.7. The molecule has 4 rings (SSSR count). The standard InChI is InChI=1S/C34H40ClF3N2O3Si/c1-32(2,43-44(3,4)5)28-20-33(21-28,40(29(41)22-35)23-24-16-18-27(19-17-24)34(36,37)38)31(42)39-30(25-12-8-6-9-13-25)26-14-10-7-11-15-26/h6-19,28,30H,20-23H2,1-5H3,(H,39,42). The van der Waals surface area contributed by atoms with Crippen molar-refractivity contribution in [2.45, 2.75) is 76.2 Å². The molecule has 1 N–H and O–H groups in total. The van der Waals surface area contributed by atoms with Gasteiger partial charge >= 0.3 is 6.18 Å². The molecule has 2 amide bonds. The molecule has 0 bridgehead atoms. The summed E-state index contributed by atoms with van der Waals surface area (Å²) in [4.78, 5) is 29.5. The molecule has 236 valence electrons. The highest BCUT2D eigenvalue weighted by Crippen LogP contribution is 2.50. The summed E-state index contributed by atoms with van der Waals surface area (Å²) in [6, 6.07) is 23.3. The number of amides is 2. The van der Waals surface area contributed by atoms with Gasteiger partial charge < -0.3 is 14.6 Å². The van der Waals surface area contributed by atoms with Gasteiger partial charge in [0.2, 0.25) is 11.8 Å². The van der Waals surface area contributed by atoms with Crippen molar-refractivity contribution in [3.63, 3.8) is 0 Å². The molecule has 1 saturated carbocycles. The fraction of sp³-hybridized carbons (Fsp3) is 0.412. The molecule has 0 heterocycles. The Kier molecular flexibility index (Phi) is 10.0. The van der Waals surface area contributed by atoms with Crippen LogP contribution in [0.3, 0.4) is 0 Å². The normalized spacial score (nSPS) is 18.9. The second kappa shape index (κ2) is 13.1. The lowest BCUT2D eigenvalue weighted by molar-refractivity contribution is -0.166. The molecule has 1 aliphatic carbocycles. The van der Waals surface area contributed by atoms with Crippen molar-refractivity contribution in [2.24, 2.45) is 5.92 Å². The van der Waals surface area contributed by atoms with E-state index in [0.29, 0.717) is 18.4 Å². The van der Waals surface area contributed by atoms with E-state index in [-0.39, 0.29) is 24.2 Å². The predicted octanol–water partition coefficient (Wildman–Crippen LogP) is 7.96. The zero-order chi connectivity index (χ0) is 32.3. The molecule has 3 aromatic rings. The van der Waals surface area contributed by atoms with Gasteiger partial charge in [0.1, 0.15) is 11.4 Å². The molecule has 5 nitrogen and oxygen atoms in total. The minimum Gasteiger partial charge on any atom is -0.412 e. The van der Waals surface area contributed by atoms with E-state index < -0.39 is 43.1 Å². The van der Waals surface area contributed by atoms with Crippen LogP contribution in [0, 0.1) is 5.92 Å². The highest BCUT2D eigenvalue weighted by Gasteiger charge is 2.60. The van der Waals surface area contributed by atoms with Gasteiger partial charge in [0, 0.05) is 6.54 Å². The zero-order valence-electron chi connectivity index (χ0n) is 25.7. The molecular formula is C34H40ClF3N2O3Si. The predicted molar refractivity (Wildman–Crippen MR) is 170 cm³/mol. The van der Waals surface area contributed by atoms with Gasteiger partial charge in [-0.2, -0.15) is 13.2 Å². The monoisotopic (exact) mass is 644 g/mol. The molecule has 0 radical (unpaired) electrons. The fourth-order valence-electron chi connectivity index (χ4n) is 6.10. The minimum absolute atomic E-state index is 0.0508. The van der Waals surface area contributed by atoms with Gasteiger partial charge in [-0.1, -0.05) is 72.8 Å². The van der Waals surface area contributed by atoms with Crippen LogP contribution in [0.2, 0.25) is 19.6 Å². The maximum absolute atomic E-state index is 14.6. The molecule has 0 saturated heterocycles. The van der Waals surface area contributed by atoms with Crippen molar-refractivity contribution in [3.8, 4) is 0 Å². The quantitative estimate of drug-likeness (QED) is 0.170. The molecule has 3 aromatic carbocycles. The van der Waals surface area contributed by atoms with Crippen LogP contribution in [-0.2, 0) is 26.7 Å². The van der Waals surface area contributed by atoms with Crippen molar-refractivity contribution in [1.29, 1.82) is 0 Å². The van der Waals surface area contributed by atoms with Crippen LogP contribution in [0.25, 0.3) is 0 Å². The van der Waals surface area contributed by atoms with Crippen molar-refractivity contribution >= 4 is 31.7 Å². The van der Waals surface area contributed by atoms with Crippen LogP contribution < -0.4 is 5.32 Å². The van der Waals surface area contributed by atoms with Crippen LogP contribution in [0.1, 0.15) is 55.0 Å². The third-order valence-electron chi connectivity index (χ3n) is 8.24. The average Bonchev–Trinajstić information content (AvgIpc) is 2.93. The Hall–Kier alpha value is -3.14. The first-order valence-corrected chi connectivity index (χ1v) is 18.6. The maximum Gasteiger partial charge on any atom is 0.416 e. The molecule has 0 aromatic heterocycles. The number of alkyl halides is 4. The van der Waals surface area contributed by atoms with Gasteiger partial charge in [-0.05, 0) is 81.1 Å². The summed E-state index contributed by atoms with van der Waals surface area (Å²) in [6.45, 7) is 10.3. The van der Waals surface area contributed by atoms with E-state index in [4.69, 9.17) is 16.0 Å². The summed E-state index contributed by atoms with van der Waals surface area (Å²) in [5.41, 5.74) is -0.423. The number of halogens is 4. The van der Waals surface area contributed by atoms with Crippen LogP contribution >= 0.6 is 11.6 Å². The Labute approximate surface area is 263 Å². The molecule has 0 aliphatic heterocycles. The number of carbonyl (C=O) groups is 2. The molecule has 1 aliphatic rings. The highest BCUT2D eigenvalue weighted by atomic mass is 35.5. The minimum atomic E-state index is -4.49. The average molecular weight is 645 g/mol. The Balaban J connectivity index is 1.74. The molecule has 10 heteroatoms. The lowest BCUT2D eigenvalue weighted by atomic mass is 9.60. The zero-order valence-corrected chi connectivity index (χ0v) is 27.5. The second-order valence-electron chi connectivity index (χ2n) is 13.0. The van der Waals surface area contributed by atoms with Crippen LogP contribution in [0.4, 0.5) is 13.2 Å². The van der Waals surface area contributed by atoms with Crippen molar-refractivity contribution < 1.29 is 27.2 Å². The molecule has 0 spiro atoms. The Morgan fingerprint density at radius 1 is 0.932 bits per heavy atom. The topological polar surface area (TPSA) is 58.6 Å². The van der Waals surface area contributed by atoms with E-state index in [1.807, 2.05) is 74.5 Å². The number of hydrogen-bond donors (Lipinski definition) is 1. The summed E-state index contributed by atoms with van der Waals surface area (Å²) < 4.78 is 46.3. The van der Waals surface area contributed by atoms with Gasteiger partial charge in [0.25, 0.3) is 0 Å². The van der Waals surface area contributed by atoms with Crippen LogP contribution in [-0.4, -0.2) is 42.1 Å². The van der Waals surface area contributed by atoms with E-state index in [0.717, 1.165) is 23.3 Å². The van der Waals surface area contributed by atoms with Crippen molar-refractivity contribution in [1.82, 2.24) is 10.2 Å². The molecule has 0 atom stereocenters. The van der Waals surface area contributed by atoms with E-state index in [2.05, 4.69) is 25.0 Å². The summed E-state index contributed by atoms with van der Waals surface area (Å²) in [7, 11) is -1.96. The summed E-state index contributed by atoms with van der Waals surface area (Å²) in [5, 5.41) is 3.23. The SMILES string of the molecule is CC(C)(O[Si](C)(C)C)C1CC(C(=O)NC(c2ccccc2)c2ccccc2)(N(Cc2ccc(C(F)(F)F)cc2)C(=O)CCl)C1. The Bertz CT molecular complexity index is 1380. The Morgan fingerprint density at radius 3 is 1.86 bits per heavy atom. The van der Waals surface area contributed by atoms with E-state index >= 15 is 0 Å². The second-order valence-corrected chi connectivity index (χ2v) is 17.7. The largest absolute Gasteiger partial charge is 0.416 e. The summed E-state index contributed by atoms with van der Waals surface area (Å²) in [5.74, 6) is -1.25.